The largest absolute Gasteiger partial charge is 0.286 e. The van der Waals surface area contributed by atoms with Gasteiger partial charge in [-0.15, -0.1) is 15.8 Å². The Kier molecular flexibility index (Phi) is 29.2. The van der Waals surface area contributed by atoms with Crippen LogP contribution in [0.25, 0.3) is 0 Å². The van der Waals surface area contributed by atoms with Crippen molar-refractivity contribution in [2.24, 2.45) is 0 Å². The van der Waals surface area contributed by atoms with E-state index in [0.717, 1.165) is 103 Å². The highest BCUT2D eigenvalue weighted by Gasteiger charge is 2.13. The van der Waals surface area contributed by atoms with Gasteiger partial charge >= 0.3 is 0 Å². The van der Waals surface area contributed by atoms with Crippen LogP contribution in [0.15, 0.2) is 0 Å². The number of rotatable bonds is 36. The first-order valence-corrected chi connectivity index (χ1v) is 28.3. The third-order valence-corrected chi connectivity index (χ3v) is 17.4. The van der Waals surface area contributed by atoms with Crippen LogP contribution in [-0.2, 0) is 40.5 Å². The first kappa shape index (κ1) is 49.5. The summed E-state index contributed by atoms with van der Waals surface area (Å²) in [6.45, 7) is 0. The Balaban J connectivity index is 4.82. The monoisotopic (exact) mass is 820 g/mol. The summed E-state index contributed by atoms with van der Waals surface area (Å²) in [5.74, 6) is -0.742. The lowest BCUT2D eigenvalue weighted by Gasteiger charge is -2.22. The van der Waals surface area contributed by atoms with Gasteiger partial charge in [-0.05, 0) is 94.8 Å². The van der Waals surface area contributed by atoms with Crippen molar-refractivity contribution in [3.8, 4) is 0 Å². The smallest absolute Gasteiger partial charge is 0.264 e. The average Bonchev–Trinajstić information content (AvgIpc) is 2.96. The molecule has 0 aromatic carbocycles. The molecule has 0 fully saturated rings. The molecule has 18 heteroatoms. The highest BCUT2D eigenvalue weighted by Crippen LogP contribution is 2.43. The SMILES string of the molecule is O=S(=O)(O)CCCCCCCP(CCCCCCCS(=O)(=O)O)CCCP(CCCCCCCS(=O)(=O)O)CCCCCCCS(=O)(=O)O. The molecule has 0 aliphatic rings. The lowest BCUT2D eigenvalue weighted by molar-refractivity contribution is 0.476. The fraction of sp³-hybridized carbons (Fsp3) is 1.00. The van der Waals surface area contributed by atoms with Crippen molar-refractivity contribution >= 4 is 56.3 Å². The van der Waals surface area contributed by atoms with Crippen molar-refractivity contribution in [3.05, 3.63) is 0 Å². The molecule has 0 aliphatic carbocycles. The van der Waals surface area contributed by atoms with Crippen LogP contribution in [0.3, 0.4) is 0 Å². The van der Waals surface area contributed by atoms with Crippen LogP contribution < -0.4 is 0 Å². The standard InChI is InChI=1S/C31H66O12P2S4/c32-46(33,34)28-17-9-1-5-13-22-44(23-14-6-2-10-18-29-47(35,36)37)26-21-27-45(24-15-7-3-11-19-30-48(38,39)40)25-16-8-4-12-20-31-49(41,42)43/h1-31H2,(H,32,33,34)(H,35,36,37)(H,38,39,40)(H,41,42,43). The lowest BCUT2D eigenvalue weighted by atomic mass is 10.2. The van der Waals surface area contributed by atoms with Gasteiger partial charge in [0.05, 0.1) is 23.0 Å². The zero-order chi connectivity index (χ0) is 37.1. The summed E-state index contributed by atoms with van der Waals surface area (Å²) < 4.78 is 123. The molecule has 0 heterocycles. The van der Waals surface area contributed by atoms with E-state index >= 15 is 0 Å². The molecule has 0 amide bonds. The summed E-state index contributed by atoms with van der Waals surface area (Å²) in [7, 11) is -15.9. The summed E-state index contributed by atoms with van der Waals surface area (Å²) in [5.41, 5.74) is 0. The molecular weight excluding hydrogens is 755 g/mol. The van der Waals surface area contributed by atoms with Crippen LogP contribution in [0, 0.1) is 0 Å². The molecule has 0 spiro atoms. The molecule has 0 unspecified atom stereocenters. The van der Waals surface area contributed by atoms with Gasteiger partial charge in [-0.2, -0.15) is 33.7 Å². The van der Waals surface area contributed by atoms with Crippen LogP contribution in [0.4, 0.5) is 0 Å². The Labute approximate surface area is 301 Å². The molecule has 0 saturated heterocycles. The van der Waals surface area contributed by atoms with Crippen molar-refractivity contribution in [3.63, 3.8) is 0 Å². The van der Waals surface area contributed by atoms with Crippen LogP contribution in [-0.4, -0.2) is 112 Å². The van der Waals surface area contributed by atoms with Crippen LogP contribution in [0.1, 0.15) is 135 Å². The van der Waals surface area contributed by atoms with E-state index in [-0.39, 0.29) is 38.9 Å². The first-order chi connectivity index (χ1) is 22.9. The molecule has 0 radical (unpaired) electrons. The van der Waals surface area contributed by atoms with E-state index < -0.39 is 40.5 Å². The van der Waals surface area contributed by atoms with Gasteiger partial charge in [-0.1, -0.05) is 77.0 Å². The molecule has 0 aliphatic heterocycles. The maximum Gasteiger partial charge on any atom is 0.264 e. The van der Waals surface area contributed by atoms with Crippen molar-refractivity contribution in [1.82, 2.24) is 0 Å². The minimum atomic E-state index is -3.90. The summed E-state index contributed by atoms with van der Waals surface area (Å²) in [4.78, 5) is 0. The van der Waals surface area contributed by atoms with Gasteiger partial charge in [0.25, 0.3) is 40.5 Å². The Morgan fingerprint density at radius 1 is 0.245 bits per heavy atom. The van der Waals surface area contributed by atoms with E-state index in [1.165, 1.54) is 43.4 Å². The van der Waals surface area contributed by atoms with Gasteiger partial charge < -0.3 is 0 Å². The van der Waals surface area contributed by atoms with E-state index in [0.29, 0.717) is 25.7 Å². The fourth-order valence-corrected chi connectivity index (χ4v) is 13.6. The second kappa shape index (κ2) is 28.9. The van der Waals surface area contributed by atoms with Gasteiger partial charge in [0.15, 0.2) is 0 Å². The predicted molar refractivity (Wildman–Crippen MR) is 206 cm³/mol. The fourth-order valence-electron chi connectivity index (χ4n) is 5.79. The van der Waals surface area contributed by atoms with Gasteiger partial charge in [0, 0.05) is 0 Å². The third kappa shape index (κ3) is 41.1. The molecule has 0 rings (SSSR count). The number of hydrogen-bond donors (Lipinski definition) is 4. The molecule has 49 heavy (non-hydrogen) atoms. The molecule has 0 saturated carbocycles. The highest BCUT2D eigenvalue weighted by atomic mass is 32.2. The second-order valence-electron chi connectivity index (χ2n) is 13.3. The lowest BCUT2D eigenvalue weighted by Crippen LogP contribution is -2.04. The van der Waals surface area contributed by atoms with Crippen molar-refractivity contribution in [1.29, 1.82) is 0 Å². The zero-order valence-corrected chi connectivity index (χ0v) is 34.6. The van der Waals surface area contributed by atoms with Gasteiger partial charge in [-0.3, -0.25) is 18.2 Å². The van der Waals surface area contributed by atoms with E-state index in [9.17, 15) is 33.7 Å². The van der Waals surface area contributed by atoms with Crippen LogP contribution >= 0.6 is 15.8 Å². The van der Waals surface area contributed by atoms with E-state index in [1.807, 2.05) is 0 Å². The Hall–Kier alpha value is 0.500. The third-order valence-electron chi connectivity index (χ3n) is 8.46. The molecule has 12 nitrogen and oxygen atoms in total. The first-order valence-electron chi connectivity index (χ1n) is 18.1. The predicted octanol–water partition coefficient (Wildman–Crippen LogP) is 7.69. The number of unbranched alkanes of at least 4 members (excludes halogenated alkanes) is 16. The minimum absolute atomic E-state index is 0.143. The summed E-state index contributed by atoms with van der Waals surface area (Å²) in [6, 6.07) is 0. The van der Waals surface area contributed by atoms with Crippen LogP contribution in [0.5, 0.6) is 0 Å². The van der Waals surface area contributed by atoms with Crippen LogP contribution in [0.2, 0.25) is 0 Å². The molecule has 296 valence electrons. The van der Waals surface area contributed by atoms with Gasteiger partial charge in [-0.25, -0.2) is 0 Å². The topological polar surface area (TPSA) is 217 Å². The molecule has 0 bridgehead atoms. The highest BCUT2D eigenvalue weighted by molar-refractivity contribution is 7.86. The molecular formula is C31H66O12P2S4. The van der Waals surface area contributed by atoms with Crippen molar-refractivity contribution in [2.45, 2.75) is 135 Å². The Morgan fingerprint density at radius 2 is 0.408 bits per heavy atom. The normalized spacial score (nSPS) is 13.2. The van der Waals surface area contributed by atoms with Crippen molar-refractivity contribution < 1.29 is 51.9 Å². The average molecular weight is 821 g/mol. The summed E-state index contributed by atoms with van der Waals surface area (Å²) >= 11 is 0. The summed E-state index contributed by atoms with van der Waals surface area (Å²) in [6.07, 6.45) is 25.8. The molecule has 4 N–H and O–H groups in total. The summed E-state index contributed by atoms with van der Waals surface area (Å²) in [5, 5.41) is 0. The van der Waals surface area contributed by atoms with Gasteiger partial charge in [0.1, 0.15) is 0 Å². The minimum Gasteiger partial charge on any atom is -0.286 e. The van der Waals surface area contributed by atoms with E-state index in [4.69, 9.17) is 18.2 Å². The Morgan fingerprint density at radius 3 is 0.612 bits per heavy atom. The van der Waals surface area contributed by atoms with E-state index in [2.05, 4.69) is 0 Å². The molecule has 0 aromatic heterocycles. The molecule has 0 atom stereocenters. The quantitative estimate of drug-likeness (QED) is 0.0272. The maximum absolute atomic E-state index is 10.9. The van der Waals surface area contributed by atoms with E-state index in [1.54, 1.807) is 0 Å². The second-order valence-corrected chi connectivity index (χ2v) is 24.9. The maximum atomic E-state index is 10.9. The molecule has 0 aromatic rings. The Bertz CT molecular complexity index is 1060. The van der Waals surface area contributed by atoms with Crippen molar-refractivity contribution in [2.75, 3.05) is 60.0 Å². The van der Waals surface area contributed by atoms with Gasteiger partial charge in [0.2, 0.25) is 0 Å². The zero-order valence-electron chi connectivity index (χ0n) is 29.5. The number of hydrogen-bond acceptors (Lipinski definition) is 8.